The molecule has 0 bridgehead atoms. The summed E-state index contributed by atoms with van der Waals surface area (Å²) in [5.74, 6) is -0.201. The van der Waals surface area contributed by atoms with Gasteiger partial charge < -0.3 is 14.7 Å². The van der Waals surface area contributed by atoms with Crippen LogP contribution in [0.2, 0.25) is 0 Å². The van der Waals surface area contributed by atoms with Gasteiger partial charge in [0.15, 0.2) is 5.82 Å². The van der Waals surface area contributed by atoms with Crippen molar-refractivity contribution in [3.63, 3.8) is 0 Å². The Kier molecular flexibility index (Phi) is 3.73. The largest absolute Gasteiger partial charge is 0.363 e. The maximum absolute atomic E-state index is 12.9. The first-order chi connectivity index (χ1) is 10.6. The molecule has 1 aliphatic rings. The number of carbonyl (C=O) groups is 2. The van der Waals surface area contributed by atoms with E-state index < -0.39 is 6.03 Å². The van der Waals surface area contributed by atoms with Gasteiger partial charge in [-0.2, -0.15) is 0 Å². The first-order valence-electron chi connectivity index (χ1n) is 6.65. The fraction of sp³-hybridized carbons (Fsp3) is 0.214. The number of nitrogens with zero attached hydrogens (tertiary/aromatic N) is 2. The molecule has 3 amide bonds. The summed E-state index contributed by atoms with van der Waals surface area (Å²) >= 11 is 0. The van der Waals surface area contributed by atoms with Crippen molar-refractivity contribution in [2.75, 3.05) is 16.8 Å². The van der Waals surface area contributed by atoms with Crippen molar-refractivity contribution >= 4 is 23.4 Å². The molecule has 114 valence electrons. The van der Waals surface area contributed by atoms with Crippen LogP contribution in [0, 0.1) is 5.82 Å². The van der Waals surface area contributed by atoms with Crippen LogP contribution in [0.5, 0.6) is 0 Å². The molecule has 3 rings (SSSR count). The molecule has 0 saturated carbocycles. The summed E-state index contributed by atoms with van der Waals surface area (Å²) in [6.07, 6.45) is 1.52. The predicted molar refractivity (Wildman–Crippen MR) is 75.8 cm³/mol. The van der Waals surface area contributed by atoms with E-state index >= 15 is 0 Å². The lowest BCUT2D eigenvalue weighted by atomic mass is 10.2. The van der Waals surface area contributed by atoms with E-state index in [9.17, 15) is 14.0 Å². The smallest absolute Gasteiger partial charge is 0.320 e. The van der Waals surface area contributed by atoms with Gasteiger partial charge in [-0.1, -0.05) is 5.16 Å². The molecular weight excluding hydrogens is 291 g/mol. The zero-order valence-electron chi connectivity index (χ0n) is 11.5. The summed E-state index contributed by atoms with van der Waals surface area (Å²) in [5.41, 5.74) is 0.604. The lowest BCUT2D eigenvalue weighted by molar-refractivity contribution is -0.117. The Morgan fingerprint density at radius 2 is 2.09 bits per heavy atom. The minimum Gasteiger partial charge on any atom is -0.363 e. The number of benzene rings is 1. The zero-order valence-corrected chi connectivity index (χ0v) is 11.5. The Balaban J connectivity index is 1.59. The van der Waals surface area contributed by atoms with E-state index in [4.69, 9.17) is 0 Å². The summed E-state index contributed by atoms with van der Waals surface area (Å²) in [5, 5.41) is 8.74. The number of rotatable bonds is 3. The topological polar surface area (TPSA) is 87.5 Å². The van der Waals surface area contributed by atoms with Crippen LogP contribution < -0.4 is 15.5 Å². The molecule has 22 heavy (non-hydrogen) atoms. The average Bonchev–Trinajstić information content (AvgIpc) is 3.10. The van der Waals surface area contributed by atoms with E-state index in [0.717, 1.165) is 0 Å². The molecule has 8 heteroatoms. The van der Waals surface area contributed by atoms with Gasteiger partial charge >= 0.3 is 6.03 Å². The molecule has 2 aromatic rings. The van der Waals surface area contributed by atoms with E-state index in [-0.39, 0.29) is 30.0 Å². The van der Waals surface area contributed by atoms with Crippen LogP contribution in [0.3, 0.4) is 0 Å². The Morgan fingerprint density at radius 1 is 1.32 bits per heavy atom. The van der Waals surface area contributed by atoms with Gasteiger partial charge in [0.1, 0.15) is 12.1 Å². The molecule has 0 unspecified atom stereocenters. The van der Waals surface area contributed by atoms with Crippen molar-refractivity contribution in [1.29, 1.82) is 0 Å². The second-order valence-corrected chi connectivity index (χ2v) is 4.86. The fourth-order valence-corrected chi connectivity index (χ4v) is 2.29. The van der Waals surface area contributed by atoms with Gasteiger partial charge in [-0.15, -0.1) is 0 Å². The average molecular weight is 304 g/mol. The van der Waals surface area contributed by atoms with Crippen molar-refractivity contribution in [3.8, 4) is 0 Å². The van der Waals surface area contributed by atoms with Crippen LogP contribution in [0.25, 0.3) is 0 Å². The van der Waals surface area contributed by atoms with Crippen LogP contribution in [0.15, 0.2) is 41.1 Å². The molecule has 0 radical (unpaired) electrons. The van der Waals surface area contributed by atoms with Crippen molar-refractivity contribution in [2.45, 2.75) is 12.5 Å². The third-order valence-corrected chi connectivity index (χ3v) is 3.28. The number of urea groups is 1. The fourth-order valence-electron chi connectivity index (χ4n) is 2.29. The van der Waals surface area contributed by atoms with Gasteiger partial charge in [0.25, 0.3) is 0 Å². The lowest BCUT2D eigenvalue weighted by Crippen LogP contribution is -2.39. The highest BCUT2D eigenvalue weighted by molar-refractivity contribution is 5.97. The predicted octanol–water partition coefficient (Wildman–Crippen LogP) is 1.74. The maximum Gasteiger partial charge on any atom is 0.320 e. The number of hydrogen-bond acceptors (Lipinski definition) is 4. The molecule has 1 aromatic carbocycles. The molecular formula is C14H13FN4O3. The summed E-state index contributed by atoms with van der Waals surface area (Å²) in [4.78, 5) is 25.3. The molecule has 1 saturated heterocycles. The number of aromatic nitrogens is 1. The normalized spacial score (nSPS) is 17.6. The van der Waals surface area contributed by atoms with E-state index in [1.54, 1.807) is 0 Å². The van der Waals surface area contributed by atoms with Crippen LogP contribution in [0.4, 0.5) is 20.7 Å². The number of amides is 3. The summed E-state index contributed by atoms with van der Waals surface area (Å²) in [6.45, 7) is 0.330. The molecule has 1 aliphatic heterocycles. The maximum atomic E-state index is 12.9. The quantitative estimate of drug-likeness (QED) is 0.904. The van der Waals surface area contributed by atoms with Gasteiger partial charge in [0, 0.05) is 24.7 Å². The number of nitrogens with one attached hydrogen (secondary N) is 2. The first kappa shape index (κ1) is 14.1. The first-order valence-corrected chi connectivity index (χ1v) is 6.65. The second-order valence-electron chi connectivity index (χ2n) is 4.86. The molecule has 2 N–H and O–H groups in total. The summed E-state index contributed by atoms with van der Waals surface area (Å²) in [6, 6.07) is 6.36. The van der Waals surface area contributed by atoms with Gasteiger partial charge in [0.05, 0.1) is 6.04 Å². The molecule has 1 atom stereocenters. The van der Waals surface area contributed by atoms with Gasteiger partial charge in [0.2, 0.25) is 5.91 Å². The van der Waals surface area contributed by atoms with Crippen molar-refractivity contribution < 1.29 is 18.5 Å². The van der Waals surface area contributed by atoms with E-state index in [1.165, 1.54) is 41.5 Å². The van der Waals surface area contributed by atoms with E-state index in [1.807, 2.05) is 0 Å². The highest BCUT2D eigenvalue weighted by Crippen LogP contribution is 2.21. The lowest BCUT2D eigenvalue weighted by Gasteiger charge is -2.17. The van der Waals surface area contributed by atoms with Crippen molar-refractivity contribution in [1.82, 2.24) is 10.5 Å². The van der Waals surface area contributed by atoms with E-state index in [2.05, 4.69) is 20.3 Å². The number of hydrogen-bond donors (Lipinski definition) is 2. The molecule has 0 aliphatic carbocycles. The van der Waals surface area contributed by atoms with Crippen LogP contribution in [-0.4, -0.2) is 29.7 Å². The Labute approximate surface area is 125 Å². The monoisotopic (exact) mass is 304 g/mol. The highest BCUT2D eigenvalue weighted by atomic mass is 19.1. The highest BCUT2D eigenvalue weighted by Gasteiger charge is 2.31. The van der Waals surface area contributed by atoms with Crippen LogP contribution >= 0.6 is 0 Å². The minimum absolute atomic E-state index is 0.127. The molecule has 7 nitrogen and oxygen atoms in total. The van der Waals surface area contributed by atoms with E-state index in [0.29, 0.717) is 12.2 Å². The Morgan fingerprint density at radius 3 is 2.77 bits per heavy atom. The number of halogens is 1. The molecule has 2 heterocycles. The SMILES string of the molecule is O=C(Nc1ccon1)N[C@H]1CC(=O)N(c2ccc(F)cc2)C1. The second kappa shape index (κ2) is 5.84. The van der Waals surface area contributed by atoms with Crippen LogP contribution in [-0.2, 0) is 4.79 Å². The summed E-state index contributed by atoms with van der Waals surface area (Å²) < 4.78 is 17.5. The van der Waals surface area contributed by atoms with Crippen molar-refractivity contribution in [3.05, 3.63) is 42.4 Å². The number of anilines is 2. The van der Waals surface area contributed by atoms with Crippen LogP contribution in [0.1, 0.15) is 6.42 Å². The molecule has 1 aromatic heterocycles. The molecule has 1 fully saturated rings. The van der Waals surface area contributed by atoms with Gasteiger partial charge in [-0.3, -0.25) is 10.1 Å². The number of carbonyl (C=O) groups excluding carboxylic acids is 2. The Bertz CT molecular complexity index is 672. The third-order valence-electron chi connectivity index (χ3n) is 3.28. The third kappa shape index (κ3) is 3.05. The minimum atomic E-state index is -0.465. The standard InChI is InChI=1S/C14H13FN4O3/c15-9-1-3-11(4-2-9)19-8-10(7-13(19)20)16-14(21)17-12-5-6-22-18-12/h1-6,10H,7-8H2,(H2,16,17,18,21)/t10-/m0/s1. The molecule has 0 spiro atoms. The zero-order chi connectivity index (χ0) is 15.5. The van der Waals surface area contributed by atoms with Gasteiger partial charge in [-0.05, 0) is 24.3 Å². The summed E-state index contributed by atoms with van der Waals surface area (Å²) in [7, 11) is 0. The van der Waals surface area contributed by atoms with Crippen molar-refractivity contribution in [2.24, 2.45) is 0 Å². The Hall–Kier alpha value is -2.90. The van der Waals surface area contributed by atoms with Gasteiger partial charge in [-0.25, -0.2) is 9.18 Å².